The van der Waals surface area contributed by atoms with E-state index in [4.69, 9.17) is 9.84 Å². The molecule has 0 heterocycles. The molecule has 254 valence electrons. The topological polar surface area (TPSA) is 133 Å². The largest absolute Gasteiger partial charge is 0.444 e. The van der Waals surface area contributed by atoms with Crippen LogP contribution < -0.4 is 4.72 Å². The van der Waals surface area contributed by atoms with Crippen molar-refractivity contribution in [2.75, 3.05) is 25.4 Å². The van der Waals surface area contributed by atoms with Crippen LogP contribution in [0.15, 0.2) is 72.8 Å². The number of ether oxygens (including phenoxy) is 1. The summed E-state index contributed by atoms with van der Waals surface area (Å²) in [6.07, 6.45) is 4.20. The van der Waals surface area contributed by atoms with Gasteiger partial charge in [0.25, 0.3) is 5.91 Å². The first-order valence-corrected chi connectivity index (χ1v) is 18.1. The van der Waals surface area contributed by atoms with E-state index in [1.807, 2.05) is 75.4 Å². The number of carbonyl (C=O) groups is 2. The van der Waals surface area contributed by atoms with E-state index in [2.05, 4.69) is 16.9 Å². The van der Waals surface area contributed by atoms with Crippen molar-refractivity contribution >= 4 is 22.0 Å². The van der Waals surface area contributed by atoms with Crippen molar-refractivity contribution in [2.24, 2.45) is 0 Å². The zero-order valence-electron chi connectivity index (χ0n) is 27.7. The summed E-state index contributed by atoms with van der Waals surface area (Å²) >= 11 is 0. The molecule has 3 aromatic rings. The fourth-order valence-corrected chi connectivity index (χ4v) is 6.94. The molecule has 2 amide bonds. The number of aliphatic hydroxyl groups excluding tert-OH is 2. The molecule has 0 saturated heterocycles. The molecule has 10 heteroatoms. The van der Waals surface area contributed by atoms with E-state index >= 15 is 0 Å². The third kappa shape index (κ3) is 10.9. The lowest BCUT2D eigenvalue weighted by atomic mass is 9.89. The average molecular weight is 665 g/mol. The quantitative estimate of drug-likeness (QED) is 0.183. The highest BCUT2D eigenvalue weighted by atomic mass is 32.2. The van der Waals surface area contributed by atoms with Crippen LogP contribution in [0.5, 0.6) is 0 Å². The zero-order valence-corrected chi connectivity index (χ0v) is 28.5. The van der Waals surface area contributed by atoms with Gasteiger partial charge in [-0.05, 0) is 92.7 Å². The van der Waals surface area contributed by atoms with Crippen LogP contribution in [-0.4, -0.2) is 66.6 Å². The summed E-state index contributed by atoms with van der Waals surface area (Å²) in [5.74, 6) is -0.764. The Balaban J connectivity index is 1.44. The van der Waals surface area contributed by atoms with Gasteiger partial charge in [-0.15, -0.1) is 0 Å². The normalized spacial score (nSPS) is 14.5. The number of aryl methyl sites for hydroxylation is 1. The maximum absolute atomic E-state index is 13.1. The molecule has 0 radical (unpaired) electrons. The second kappa shape index (κ2) is 16.4. The Bertz CT molecular complexity index is 1580. The van der Waals surface area contributed by atoms with Crippen LogP contribution in [0, 0.1) is 0 Å². The molecule has 1 saturated carbocycles. The molecule has 4 rings (SSSR count). The first-order valence-electron chi connectivity index (χ1n) is 16.4. The standard InChI is InChI=1S/C37H48N2O7S/c1-37(2,3)46-36(43)39(26-34(41)30-14-5-4-6-15-30)22-9-11-27-16-18-28(19-17-27)31-20-21-32(33(25-31)29-12-7-8-13-29)35(42)38-47(44,45)24-10-23-40/h4-6,14-21,25,29,34,40-41H,7-13,22-24,26H2,1-3H3,(H,38,42)/t34-/m0/s1. The Morgan fingerprint density at radius 1 is 0.957 bits per heavy atom. The number of sulfonamides is 1. The van der Waals surface area contributed by atoms with Crippen molar-refractivity contribution in [3.8, 4) is 11.1 Å². The number of hydrogen-bond acceptors (Lipinski definition) is 7. The Morgan fingerprint density at radius 3 is 2.26 bits per heavy atom. The highest BCUT2D eigenvalue weighted by Crippen LogP contribution is 2.38. The summed E-state index contributed by atoms with van der Waals surface area (Å²) in [7, 11) is -3.84. The van der Waals surface area contributed by atoms with Gasteiger partial charge in [0.15, 0.2) is 0 Å². The van der Waals surface area contributed by atoms with Crippen molar-refractivity contribution in [3.63, 3.8) is 0 Å². The summed E-state index contributed by atoms with van der Waals surface area (Å²) in [6.45, 7) is 5.75. The van der Waals surface area contributed by atoms with Crippen molar-refractivity contribution in [3.05, 3.63) is 95.1 Å². The summed E-state index contributed by atoms with van der Waals surface area (Å²) in [6, 6.07) is 23.0. The van der Waals surface area contributed by atoms with E-state index in [-0.39, 0.29) is 31.2 Å². The number of amides is 2. The maximum Gasteiger partial charge on any atom is 0.410 e. The minimum atomic E-state index is -3.84. The lowest BCUT2D eigenvalue weighted by Gasteiger charge is -2.29. The monoisotopic (exact) mass is 664 g/mol. The van der Waals surface area contributed by atoms with E-state index in [1.54, 1.807) is 11.0 Å². The van der Waals surface area contributed by atoms with Crippen LogP contribution in [0.4, 0.5) is 4.79 Å². The minimum absolute atomic E-state index is 0.0619. The first kappa shape index (κ1) is 36.1. The molecule has 0 spiro atoms. The maximum atomic E-state index is 13.1. The lowest BCUT2D eigenvalue weighted by Crippen LogP contribution is -2.40. The Labute approximate surface area is 279 Å². The number of benzene rings is 3. The number of nitrogens with zero attached hydrogens (tertiary/aromatic N) is 1. The first-order chi connectivity index (χ1) is 22.3. The minimum Gasteiger partial charge on any atom is -0.444 e. The fourth-order valence-electron chi connectivity index (χ4n) is 5.94. The Kier molecular flexibility index (Phi) is 12.6. The third-order valence-corrected chi connectivity index (χ3v) is 9.64. The van der Waals surface area contributed by atoms with E-state index in [0.29, 0.717) is 18.5 Å². The van der Waals surface area contributed by atoms with Gasteiger partial charge in [-0.3, -0.25) is 4.79 Å². The summed E-state index contributed by atoms with van der Waals surface area (Å²) in [5.41, 5.74) is 4.35. The van der Waals surface area contributed by atoms with Gasteiger partial charge in [0, 0.05) is 18.7 Å². The van der Waals surface area contributed by atoms with Crippen LogP contribution in [0.1, 0.15) is 98.4 Å². The van der Waals surface area contributed by atoms with Crippen LogP contribution in [0.3, 0.4) is 0 Å². The van der Waals surface area contributed by atoms with E-state index < -0.39 is 33.7 Å². The van der Waals surface area contributed by atoms with Gasteiger partial charge in [-0.25, -0.2) is 17.9 Å². The van der Waals surface area contributed by atoms with E-state index in [1.165, 1.54) is 0 Å². The zero-order chi connectivity index (χ0) is 34.0. The van der Waals surface area contributed by atoms with Gasteiger partial charge in [0.2, 0.25) is 10.0 Å². The molecule has 1 aliphatic rings. The Morgan fingerprint density at radius 2 is 1.62 bits per heavy atom. The molecular formula is C37H48N2O7S. The average Bonchev–Trinajstić information content (AvgIpc) is 3.58. The van der Waals surface area contributed by atoms with Crippen LogP contribution in [0.2, 0.25) is 0 Å². The molecule has 9 nitrogen and oxygen atoms in total. The number of rotatable bonds is 14. The molecular weight excluding hydrogens is 616 g/mol. The SMILES string of the molecule is CC(C)(C)OC(=O)N(CCCc1ccc(-c2ccc(C(=O)NS(=O)(=O)CCCO)c(C3CCCC3)c2)cc1)C[C@H](O)c1ccccc1. The number of aliphatic hydroxyl groups is 2. The molecule has 0 aliphatic heterocycles. The van der Waals surface area contributed by atoms with Gasteiger partial charge >= 0.3 is 6.09 Å². The van der Waals surface area contributed by atoms with Crippen LogP contribution in [0.25, 0.3) is 11.1 Å². The fraction of sp³-hybridized carbons (Fsp3) is 0.459. The van der Waals surface area contributed by atoms with Crippen LogP contribution in [-0.2, 0) is 21.2 Å². The highest BCUT2D eigenvalue weighted by molar-refractivity contribution is 7.90. The number of hydrogen-bond donors (Lipinski definition) is 3. The molecule has 0 bridgehead atoms. The molecule has 1 atom stereocenters. The van der Waals surface area contributed by atoms with Crippen molar-refractivity contribution in [2.45, 2.75) is 83.3 Å². The van der Waals surface area contributed by atoms with Crippen molar-refractivity contribution < 1.29 is 33.0 Å². The predicted octanol–water partition coefficient (Wildman–Crippen LogP) is 6.36. The summed E-state index contributed by atoms with van der Waals surface area (Å²) < 4.78 is 32.5. The molecule has 1 aliphatic carbocycles. The molecule has 0 unspecified atom stereocenters. The van der Waals surface area contributed by atoms with Gasteiger partial charge < -0.3 is 19.8 Å². The van der Waals surface area contributed by atoms with Gasteiger partial charge in [0.1, 0.15) is 5.60 Å². The molecule has 3 N–H and O–H groups in total. The highest BCUT2D eigenvalue weighted by Gasteiger charge is 2.26. The van der Waals surface area contributed by atoms with Crippen molar-refractivity contribution in [1.29, 1.82) is 0 Å². The second-order valence-electron chi connectivity index (χ2n) is 13.3. The summed E-state index contributed by atoms with van der Waals surface area (Å²) in [4.78, 5) is 27.6. The lowest BCUT2D eigenvalue weighted by molar-refractivity contribution is 0.0142. The van der Waals surface area contributed by atoms with Crippen LogP contribution >= 0.6 is 0 Å². The smallest absolute Gasteiger partial charge is 0.410 e. The third-order valence-electron chi connectivity index (χ3n) is 8.32. The second-order valence-corrected chi connectivity index (χ2v) is 15.1. The Hall–Kier alpha value is -3.73. The van der Waals surface area contributed by atoms with Gasteiger partial charge in [0.05, 0.1) is 18.4 Å². The van der Waals surface area contributed by atoms with Crippen molar-refractivity contribution in [1.82, 2.24) is 9.62 Å². The predicted molar refractivity (Wildman–Crippen MR) is 184 cm³/mol. The van der Waals surface area contributed by atoms with Gasteiger partial charge in [-0.2, -0.15) is 0 Å². The molecule has 0 aromatic heterocycles. The number of carbonyl (C=O) groups excluding carboxylic acids is 2. The molecule has 3 aromatic carbocycles. The number of nitrogens with one attached hydrogen (secondary N) is 1. The molecule has 47 heavy (non-hydrogen) atoms. The molecule has 1 fully saturated rings. The summed E-state index contributed by atoms with van der Waals surface area (Å²) in [5, 5.41) is 19.8. The van der Waals surface area contributed by atoms with E-state index in [9.17, 15) is 23.1 Å². The van der Waals surface area contributed by atoms with E-state index in [0.717, 1.165) is 59.9 Å². The van der Waals surface area contributed by atoms with Gasteiger partial charge in [-0.1, -0.05) is 79.6 Å².